The summed E-state index contributed by atoms with van der Waals surface area (Å²) in [6.45, 7) is 9.46. The van der Waals surface area contributed by atoms with Crippen LogP contribution in [-0.2, 0) is 0 Å². The molecule has 0 fully saturated rings. The number of hydrogen-bond donors (Lipinski definition) is 2. The second-order valence-corrected chi connectivity index (χ2v) is 5.73. The van der Waals surface area contributed by atoms with Gasteiger partial charge in [-0.25, -0.2) is 0 Å². The van der Waals surface area contributed by atoms with Crippen LogP contribution in [0.15, 0.2) is 30.3 Å². The number of aliphatic hydroxyl groups excluding tert-OH is 1. The zero-order valence-corrected chi connectivity index (χ0v) is 12.1. The minimum absolute atomic E-state index is 0.212. The quantitative estimate of drug-likeness (QED) is 0.776. The first kappa shape index (κ1) is 15.2. The Morgan fingerprint density at radius 1 is 1.06 bits per heavy atom. The van der Waals surface area contributed by atoms with Gasteiger partial charge < -0.3 is 10.4 Å². The molecule has 1 rings (SSSR count). The van der Waals surface area contributed by atoms with Gasteiger partial charge in [0.2, 0.25) is 0 Å². The van der Waals surface area contributed by atoms with Gasteiger partial charge in [0.05, 0.1) is 6.10 Å². The van der Waals surface area contributed by atoms with Crippen LogP contribution in [0, 0.1) is 11.8 Å². The Kier molecular flexibility index (Phi) is 6.37. The maximum Gasteiger partial charge on any atom is 0.0515 e. The Morgan fingerprint density at radius 3 is 2.17 bits per heavy atom. The molecule has 3 atom stereocenters. The van der Waals surface area contributed by atoms with Crippen LogP contribution in [0.5, 0.6) is 0 Å². The molecule has 18 heavy (non-hydrogen) atoms. The first-order valence-corrected chi connectivity index (χ1v) is 6.97. The molecule has 2 N–H and O–H groups in total. The number of hydrogen-bond acceptors (Lipinski definition) is 2. The van der Waals surface area contributed by atoms with Crippen LogP contribution in [0.2, 0.25) is 0 Å². The summed E-state index contributed by atoms with van der Waals surface area (Å²) in [5.41, 5.74) is 1.34. The van der Waals surface area contributed by atoms with Crippen molar-refractivity contribution >= 4 is 0 Å². The summed E-state index contributed by atoms with van der Waals surface area (Å²) < 4.78 is 0. The Morgan fingerprint density at radius 2 is 1.67 bits per heavy atom. The molecular formula is C16H27NO. The lowest BCUT2D eigenvalue weighted by Gasteiger charge is -2.25. The van der Waals surface area contributed by atoms with Crippen LogP contribution in [0.3, 0.4) is 0 Å². The van der Waals surface area contributed by atoms with E-state index in [4.69, 9.17) is 0 Å². The zero-order chi connectivity index (χ0) is 13.5. The predicted octanol–water partition coefficient (Wildman–Crippen LogP) is 3.38. The molecule has 0 amide bonds. The largest absolute Gasteiger partial charge is 0.393 e. The summed E-state index contributed by atoms with van der Waals surface area (Å²) in [6.07, 6.45) is 0.642. The number of rotatable bonds is 7. The molecule has 0 spiro atoms. The van der Waals surface area contributed by atoms with Gasteiger partial charge in [-0.2, -0.15) is 0 Å². The Labute approximate surface area is 111 Å². The molecular weight excluding hydrogens is 222 g/mol. The van der Waals surface area contributed by atoms with Crippen LogP contribution in [0.25, 0.3) is 0 Å². The summed E-state index contributed by atoms with van der Waals surface area (Å²) in [7, 11) is 0. The van der Waals surface area contributed by atoms with E-state index in [0.717, 1.165) is 13.0 Å². The third kappa shape index (κ3) is 5.19. The summed E-state index contributed by atoms with van der Waals surface area (Å²) in [5, 5.41) is 13.0. The van der Waals surface area contributed by atoms with Crippen LogP contribution in [0.4, 0.5) is 0 Å². The topological polar surface area (TPSA) is 32.3 Å². The summed E-state index contributed by atoms with van der Waals surface area (Å²) in [4.78, 5) is 0. The highest BCUT2D eigenvalue weighted by Gasteiger charge is 2.16. The van der Waals surface area contributed by atoms with Crippen molar-refractivity contribution in [3.05, 3.63) is 35.9 Å². The Balaban J connectivity index is 2.55. The fourth-order valence-electron chi connectivity index (χ4n) is 2.39. The van der Waals surface area contributed by atoms with Crippen molar-refractivity contribution in [2.45, 2.75) is 46.3 Å². The van der Waals surface area contributed by atoms with E-state index in [1.54, 1.807) is 0 Å². The smallest absolute Gasteiger partial charge is 0.0515 e. The van der Waals surface area contributed by atoms with Crippen LogP contribution < -0.4 is 5.32 Å². The lowest BCUT2D eigenvalue weighted by Crippen LogP contribution is -2.30. The molecule has 1 aromatic rings. The highest BCUT2D eigenvalue weighted by Crippen LogP contribution is 2.21. The van der Waals surface area contributed by atoms with Gasteiger partial charge in [0.25, 0.3) is 0 Å². The third-order valence-corrected chi connectivity index (χ3v) is 3.26. The van der Waals surface area contributed by atoms with E-state index in [2.05, 4.69) is 56.4 Å². The SMILES string of the molecule is CC(O)CC(C)CNC(c1ccccc1)C(C)C. The highest BCUT2D eigenvalue weighted by atomic mass is 16.3. The van der Waals surface area contributed by atoms with Gasteiger partial charge in [0.1, 0.15) is 0 Å². The average Bonchev–Trinajstić information content (AvgIpc) is 2.29. The number of aliphatic hydroxyl groups is 1. The second-order valence-electron chi connectivity index (χ2n) is 5.73. The highest BCUT2D eigenvalue weighted by molar-refractivity contribution is 5.19. The first-order chi connectivity index (χ1) is 8.50. The monoisotopic (exact) mass is 249 g/mol. The molecule has 2 heteroatoms. The zero-order valence-electron chi connectivity index (χ0n) is 12.1. The lowest BCUT2D eigenvalue weighted by atomic mass is 9.95. The van der Waals surface area contributed by atoms with Crippen molar-refractivity contribution in [1.82, 2.24) is 5.32 Å². The molecule has 0 aliphatic heterocycles. The molecule has 0 radical (unpaired) electrons. The summed E-state index contributed by atoms with van der Waals surface area (Å²) >= 11 is 0. The first-order valence-electron chi connectivity index (χ1n) is 6.97. The molecule has 0 heterocycles. The Hall–Kier alpha value is -0.860. The minimum Gasteiger partial charge on any atom is -0.393 e. The number of benzene rings is 1. The third-order valence-electron chi connectivity index (χ3n) is 3.26. The fraction of sp³-hybridized carbons (Fsp3) is 0.625. The normalized spacial score (nSPS) is 16.6. The van der Waals surface area contributed by atoms with Gasteiger partial charge in [-0.3, -0.25) is 0 Å². The van der Waals surface area contributed by atoms with Crippen LogP contribution >= 0.6 is 0 Å². The Bertz CT molecular complexity index is 321. The maximum atomic E-state index is 9.39. The molecule has 0 aliphatic carbocycles. The van der Waals surface area contributed by atoms with Gasteiger partial charge >= 0.3 is 0 Å². The van der Waals surface area contributed by atoms with E-state index in [0.29, 0.717) is 17.9 Å². The van der Waals surface area contributed by atoms with Crippen molar-refractivity contribution in [2.24, 2.45) is 11.8 Å². The number of nitrogens with one attached hydrogen (secondary N) is 1. The maximum absolute atomic E-state index is 9.39. The van der Waals surface area contributed by atoms with Gasteiger partial charge in [0.15, 0.2) is 0 Å². The van der Waals surface area contributed by atoms with Gasteiger partial charge in [-0.15, -0.1) is 0 Å². The van der Waals surface area contributed by atoms with Crippen LogP contribution in [0.1, 0.15) is 45.7 Å². The molecule has 102 valence electrons. The molecule has 0 saturated carbocycles. The minimum atomic E-state index is -0.212. The van der Waals surface area contributed by atoms with Crippen molar-refractivity contribution < 1.29 is 5.11 Å². The fourth-order valence-corrected chi connectivity index (χ4v) is 2.39. The average molecular weight is 249 g/mol. The van der Waals surface area contributed by atoms with Gasteiger partial charge in [0, 0.05) is 6.04 Å². The summed E-state index contributed by atoms with van der Waals surface area (Å²) in [5.74, 6) is 1.06. The second kappa shape index (κ2) is 7.55. The van der Waals surface area contributed by atoms with Gasteiger partial charge in [-0.05, 0) is 37.3 Å². The standard InChI is InChI=1S/C16H27NO/c1-12(2)16(15-8-6-5-7-9-15)17-11-13(3)10-14(4)18/h5-9,12-14,16-18H,10-11H2,1-4H3. The molecule has 3 unspecified atom stereocenters. The van der Waals surface area contributed by atoms with E-state index < -0.39 is 0 Å². The predicted molar refractivity (Wildman–Crippen MR) is 77.5 cm³/mol. The van der Waals surface area contributed by atoms with Crippen molar-refractivity contribution in [3.8, 4) is 0 Å². The molecule has 0 aliphatic rings. The molecule has 1 aromatic carbocycles. The van der Waals surface area contributed by atoms with Crippen LogP contribution in [-0.4, -0.2) is 17.8 Å². The van der Waals surface area contributed by atoms with Gasteiger partial charge in [-0.1, -0.05) is 51.1 Å². The molecule has 2 nitrogen and oxygen atoms in total. The molecule has 0 bridgehead atoms. The molecule has 0 saturated heterocycles. The van der Waals surface area contributed by atoms with E-state index in [1.165, 1.54) is 5.56 Å². The van der Waals surface area contributed by atoms with E-state index in [1.807, 2.05) is 6.92 Å². The van der Waals surface area contributed by atoms with Crippen molar-refractivity contribution in [2.75, 3.05) is 6.54 Å². The lowest BCUT2D eigenvalue weighted by molar-refractivity contribution is 0.161. The summed E-state index contributed by atoms with van der Waals surface area (Å²) in [6, 6.07) is 11.0. The van der Waals surface area contributed by atoms with E-state index >= 15 is 0 Å². The van der Waals surface area contributed by atoms with Crippen molar-refractivity contribution in [3.63, 3.8) is 0 Å². The van der Waals surface area contributed by atoms with E-state index in [9.17, 15) is 5.11 Å². The van der Waals surface area contributed by atoms with E-state index in [-0.39, 0.29) is 6.10 Å². The van der Waals surface area contributed by atoms with Crippen molar-refractivity contribution in [1.29, 1.82) is 0 Å². The molecule has 0 aromatic heterocycles.